The lowest BCUT2D eigenvalue weighted by molar-refractivity contribution is -0.143. The minimum absolute atomic E-state index is 0.0217. The Labute approximate surface area is 127 Å². The summed E-state index contributed by atoms with van der Waals surface area (Å²) in [7, 11) is 0. The molecule has 2 unspecified atom stereocenters. The molecule has 2 aliphatic rings. The third-order valence-electron chi connectivity index (χ3n) is 4.94. The fourth-order valence-corrected chi connectivity index (χ4v) is 3.39. The number of nitrogens with one attached hydrogen (secondary N) is 1. The minimum Gasteiger partial charge on any atom is -0.376 e. The summed E-state index contributed by atoms with van der Waals surface area (Å²) in [6.07, 6.45) is 5.01. The van der Waals surface area contributed by atoms with Gasteiger partial charge in [0.15, 0.2) is 0 Å². The number of carbonyl (C=O) groups excluding carboxylic acids is 2. The van der Waals surface area contributed by atoms with Crippen molar-refractivity contribution in [2.75, 3.05) is 13.2 Å². The van der Waals surface area contributed by atoms with Crippen LogP contribution < -0.4 is 5.32 Å². The maximum Gasteiger partial charge on any atom is 0.248 e. The van der Waals surface area contributed by atoms with Crippen molar-refractivity contribution in [3.63, 3.8) is 0 Å². The average Bonchev–Trinajstić information content (AvgIpc) is 2.58. The Hall–Kier alpha value is -1.10. The van der Waals surface area contributed by atoms with Gasteiger partial charge >= 0.3 is 0 Å². The molecule has 2 aliphatic heterocycles. The second kappa shape index (κ2) is 6.77. The normalized spacial score (nSPS) is 30.0. The fraction of sp³-hybridized carbons (Fsp3) is 0.875. The zero-order valence-corrected chi connectivity index (χ0v) is 13.5. The third-order valence-corrected chi connectivity index (χ3v) is 4.94. The molecule has 120 valence electrons. The van der Waals surface area contributed by atoms with E-state index in [9.17, 15) is 9.59 Å². The molecule has 0 aromatic carbocycles. The molecular formula is C16H28N2O3. The van der Waals surface area contributed by atoms with Gasteiger partial charge in [-0.25, -0.2) is 0 Å². The van der Waals surface area contributed by atoms with Gasteiger partial charge < -0.3 is 15.0 Å². The van der Waals surface area contributed by atoms with E-state index in [0.29, 0.717) is 25.8 Å². The Bertz CT molecular complexity index is 387. The molecule has 2 atom stereocenters. The van der Waals surface area contributed by atoms with Crippen LogP contribution in [0.15, 0.2) is 0 Å². The summed E-state index contributed by atoms with van der Waals surface area (Å²) in [6.45, 7) is 7.28. The smallest absolute Gasteiger partial charge is 0.248 e. The number of hydrogen-bond acceptors (Lipinski definition) is 3. The molecule has 2 fully saturated rings. The van der Waals surface area contributed by atoms with Crippen molar-refractivity contribution in [3.05, 3.63) is 0 Å². The topological polar surface area (TPSA) is 58.6 Å². The second-order valence-electron chi connectivity index (χ2n) is 6.34. The monoisotopic (exact) mass is 296 g/mol. The molecule has 0 bridgehead atoms. The van der Waals surface area contributed by atoms with Crippen LogP contribution in [-0.4, -0.2) is 47.6 Å². The van der Waals surface area contributed by atoms with Crippen LogP contribution >= 0.6 is 0 Å². The first-order valence-electron chi connectivity index (χ1n) is 8.26. The number of amides is 2. The Morgan fingerprint density at radius 2 is 2.00 bits per heavy atom. The first-order valence-corrected chi connectivity index (χ1v) is 8.26. The van der Waals surface area contributed by atoms with Crippen molar-refractivity contribution in [2.45, 2.75) is 77.0 Å². The van der Waals surface area contributed by atoms with Crippen molar-refractivity contribution in [2.24, 2.45) is 0 Å². The third kappa shape index (κ3) is 3.39. The van der Waals surface area contributed by atoms with Crippen LogP contribution in [0.4, 0.5) is 0 Å². The van der Waals surface area contributed by atoms with Gasteiger partial charge in [0.2, 0.25) is 11.8 Å². The van der Waals surface area contributed by atoms with Crippen LogP contribution in [-0.2, 0) is 14.3 Å². The van der Waals surface area contributed by atoms with Gasteiger partial charge in [-0.1, -0.05) is 13.8 Å². The maximum atomic E-state index is 13.0. The van der Waals surface area contributed by atoms with E-state index in [1.54, 1.807) is 0 Å². The molecule has 2 rings (SSSR count). The van der Waals surface area contributed by atoms with E-state index in [1.165, 1.54) is 0 Å². The van der Waals surface area contributed by atoms with E-state index in [0.717, 1.165) is 25.9 Å². The second-order valence-corrected chi connectivity index (χ2v) is 6.34. The van der Waals surface area contributed by atoms with Gasteiger partial charge in [-0.2, -0.15) is 0 Å². The standard InChI is InChI=1S/C16H28N2O3/c1-4-16(5-2)15(20)18(12(3)10-14(19)17-16)11-13-8-6-7-9-21-13/h12-13H,4-11H2,1-3H3,(H,17,19). The highest BCUT2D eigenvalue weighted by Gasteiger charge is 2.44. The molecule has 0 spiro atoms. The van der Waals surface area contributed by atoms with Crippen molar-refractivity contribution < 1.29 is 14.3 Å². The molecule has 0 radical (unpaired) electrons. The van der Waals surface area contributed by atoms with Crippen LogP contribution in [0.3, 0.4) is 0 Å². The van der Waals surface area contributed by atoms with Crippen molar-refractivity contribution in [1.29, 1.82) is 0 Å². The summed E-state index contributed by atoms with van der Waals surface area (Å²) in [5, 5.41) is 2.97. The van der Waals surface area contributed by atoms with E-state index in [2.05, 4.69) is 5.32 Å². The molecule has 21 heavy (non-hydrogen) atoms. The Morgan fingerprint density at radius 3 is 2.57 bits per heavy atom. The Balaban J connectivity index is 2.19. The molecule has 2 heterocycles. The highest BCUT2D eigenvalue weighted by atomic mass is 16.5. The van der Waals surface area contributed by atoms with Crippen LogP contribution in [0, 0.1) is 0 Å². The molecule has 2 amide bonds. The predicted molar refractivity (Wildman–Crippen MR) is 80.8 cm³/mol. The van der Waals surface area contributed by atoms with E-state index >= 15 is 0 Å². The lowest BCUT2D eigenvalue weighted by atomic mass is 9.91. The van der Waals surface area contributed by atoms with Gasteiger partial charge in [-0.15, -0.1) is 0 Å². The summed E-state index contributed by atoms with van der Waals surface area (Å²) in [4.78, 5) is 27.0. The van der Waals surface area contributed by atoms with Crippen LogP contribution in [0.2, 0.25) is 0 Å². The van der Waals surface area contributed by atoms with Gasteiger partial charge in [0.05, 0.1) is 6.10 Å². The number of carbonyl (C=O) groups is 2. The first kappa shape index (κ1) is 16.3. The predicted octanol–water partition coefficient (Wildman–Crippen LogP) is 1.85. The van der Waals surface area contributed by atoms with Crippen molar-refractivity contribution in [1.82, 2.24) is 10.2 Å². The van der Waals surface area contributed by atoms with E-state index in [1.807, 2.05) is 25.7 Å². The van der Waals surface area contributed by atoms with E-state index < -0.39 is 5.54 Å². The summed E-state index contributed by atoms with van der Waals surface area (Å²) in [5.41, 5.74) is -0.740. The zero-order chi connectivity index (χ0) is 15.5. The molecule has 5 nitrogen and oxygen atoms in total. The largest absolute Gasteiger partial charge is 0.376 e. The molecular weight excluding hydrogens is 268 g/mol. The van der Waals surface area contributed by atoms with E-state index in [4.69, 9.17) is 4.74 Å². The highest BCUT2D eigenvalue weighted by molar-refractivity contribution is 5.94. The quantitative estimate of drug-likeness (QED) is 0.861. The molecule has 0 aromatic rings. The average molecular weight is 296 g/mol. The number of ether oxygens (including phenoxy) is 1. The molecule has 0 saturated carbocycles. The SMILES string of the molecule is CCC1(CC)NC(=O)CC(C)N(CC2CCCCO2)C1=O. The number of rotatable bonds is 4. The van der Waals surface area contributed by atoms with Crippen molar-refractivity contribution >= 4 is 11.8 Å². The number of hydrogen-bond donors (Lipinski definition) is 1. The maximum absolute atomic E-state index is 13.0. The molecule has 1 N–H and O–H groups in total. The fourth-order valence-electron chi connectivity index (χ4n) is 3.39. The summed E-state index contributed by atoms with van der Waals surface area (Å²) < 4.78 is 5.78. The Morgan fingerprint density at radius 1 is 1.29 bits per heavy atom. The number of nitrogens with zero attached hydrogens (tertiary/aromatic N) is 1. The first-order chi connectivity index (χ1) is 10.0. The zero-order valence-electron chi connectivity index (χ0n) is 13.5. The molecule has 0 aliphatic carbocycles. The lowest BCUT2D eigenvalue weighted by Crippen LogP contribution is -2.58. The van der Waals surface area contributed by atoms with Crippen LogP contribution in [0.1, 0.15) is 59.3 Å². The van der Waals surface area contributed by atoms with Gasteiger partial charge in [0, 0.05) is 25.6 Å². The molecule has 2 saturated heterocycles. The molecule has 5 heteroatoms. The minimum atomic E-state index is -0.740. The van der Waals surface area contributed by atoms with E-state index in [-0.39, 0.29) is 24.0 Å². The van der Waals surface area contributed by atoms with Gasteiger partial charge in [0.1, 0.15) is 5.54 Å². The summed E-state index contributed by atoms with van der Waals surface area (Å²) >= 11 is 0. The summed E-state index contributed by atoms with van der Waals surface area (Å²) in [5.74, 6) is 0.0339. The van der Waals surface area contributed by atoms with Gasteiger partial charge in [0.25, 0.3) is 0 Å². The Kier molecular flexibility index (Phi) is 5.25. The lowest BCUT2D eigenvalue weighted by Gasteiger charge is -2.38. The molecule has 0 aromatic heterocycles. The van der Waals surface area contributed by atoms with Crippen LogP contribution in [0.5, 0.6) is 0 Å². The van der Waals surface area contributed by atoms with Crippen LogP contribution in [0.25, 0.3) is 0 Å². The highest BCUT2D eigenvalue weighted by Crippen LogP contribution is 2.26. The van der Waals surface area contributed by atoms with Crippen molar-refractivity contribution in [3.8, 4) is 0 Å². The van der Waals surface area contributed by atoms with Gasteiger partial charge in [-0.3, -0.25) is 9.59 Å². The van der Waals surface area contributed by atoms with Gasteiger partial charge in [-0.05, 0) is 39.0 Å². The summed E-state index contributed by atoms with van der Waals surface area (Å²) in [6, 6.07) is -0.0667.